The molecule has 3 aromatic rings. The lowest BCUT2D eigenvalue weighted by atomic mass is 10.1. The smallest absolute Gasteiger partial charge is 0.355 e. The van der Waals surface area contributed by atoms with Crippen LogP contribution in [0.2, 0.25) is 0 Å². The molecule has 0 fully saturated rings. The van der Waals surface area contributed by atoms with Crippen molar-refractivity contribution in [3.63, 3.8) is 0 Å². The second-order valence-corrected chi connectivity index (χ2v) is 6.85. The fourth-order valence-corrected chi connectivity index (χ4v) is 3.34. The number of benzene rings is 2. The number of halogens is 1. The number of ether oxygens (including phenoxy) is 3. The molecule has 0 saturated carbocycles. The first kappa shape index (κ1) is 20.9. The van der Waals surface area contributed by atoms with Crippen molar-refractivity contribution in [2.45, 2.75) is 13.2 Å². The van der Waals surface area contributed by atoms with Crippen LogP contribution in [-0.4, -0.2) is 30.7 Å². The van der Waals surface area contributed by atoms with Gasteiger partial charge in [0.05, 0.1) is 19.7 Å². The number of allylic oxidation sites excluding steroid dienone is 1. The van der Waals surface area contributed by atoms with Crippen LogP contribution >= 0.6 is 22.6 Å². The number of methoxy groups -OCH3 is 2. The van der Waals surface area contributed by atoms with Crippen molar-refractivity contribution in [1.29, 1.82) is 0 Å². The van der Waals surface area contributed by atoms with Gasteiger partial charge >= 0.3 is 11.9 Å². The first-order chi connectivity index (χ1) is 14.1. The zero-order valence-electron chi connectivity index (χ0n) is 16.1. The molecule has 150 valence electrons. The van der Waals surface area contributed by atoms with Gasteiger partial charge in [0.25, 0.3) is 0 Å². The minimum Gasteiger partial charge on any atom is -0.489 e. The van der Waals surface area contributed by atoms with Crippen molar-refractivity contribution in [2.24, 2.45) is 0 Å². The Kier molecular flexibility index (Phi) is 6.92. The van der Waals surface area contributed by atoms with Gasteiger partial charge in [-0.25, -0.2) is 9.59 Å². The van der Waals surface area contributed by atoms with Crippen LogP contribution in [0.1, 0.15) is 26.4 Å². The standard InChI is InChI=1S/C22H20INO5/c1-27-21(25)19-17-13-16(29-14-15-7-4-3-5-8-15)9-10-18(17)24(12-6-11-23)20(19)22(26)28-2/h3-11,13H,12,14H2,1-2H3/b11-6+. The molecule has 6 nitrogen and oxygen atoms in total. The third kappa shape index (κ3) is 4.45. The van der Waals surface area contributed by atoms with Gasteiger partial charge in [-0.3, -0.25) is 0 Å². The molecule has 7 heteroatoms. The lowest BCUT2D eigenvalue weighted by Gasteiger charge is -2.08. The van der Waals surface area contributed by atoms with E-state index in [4.69, 9.17) is 14.2 Å². The number of hydrogen-bond donors (Lipinski definition) is 0. The largest absolute Gasteiger partial charge is 0.489 e. The van der Waals surface area contributed by atoms with E-state index >= 15 is 0 Å². The maximum atomic E-state index is 12.5. The maximum absolute atomic E-state index is 12.5. The quantitative estimate of drug-likeness (QED) is 0.343. The number of nitrogens with zero attached hydrogens (tertiary/aromatic N) is 1. The summed E-state index contributed by atoms with van der Waals surface area (Å²) in [5.41, 5.74) is 2.07. The van der Waals surface area contributed by atoms with Crippen LogP contribution in [0.5, 0.6) is 5.75 Å². The molecule has 29 heavy (non-hydrogen) atoms. The second-order valence-electron chi connectivity index (χ2n) is 6.13. The van der Waals surface area contributed by atoms with Crippen LogP contribution in [0.3, 0.4) is 0 Å². The van der Waals surface area contributed by atoms with E-state index in [1.807, 2.05) is 52.6 Å². The van der Waals surface area contributed by atoms with Crippen molar-refractivity contribution in [3.8, 4) is 5.75 Å². The van der Waals surface area contributed by atoms with Crippen LogP contribution < -0.4 is 4.74 Å². The summed E-state index contributed by atoms with van der Waals surface area (Å²) in [4.78, 5) is 25.0. The van der Waals surface area contributed by atoms with Crippen molar-refractivity contribution < 1.29 is 23.8 Å². The summed E-state index contributed by atoms with van der Waals surface area (Å²) in [5.74, 6) is -0.618. The Hall–Kier alpha value is -2.81. The van der Waals surface area contributed by atoms with E-state index in [9.17, 15) is 9.59 Å². The maximum Gasteiger partial charge on any atom is 0.355 e. The Bertz CT molecular complexity index is 1060. The minimum absolute atomic E-state index is 0.157. The number of carbonyl (C=O) groups excluding carboxylic acids is 2. The van der Waals surface area contributed by atoms with Crippen LogP contribution in [0, 0.1) is 0 Å². The van der Waals surface area contributed by atoms with Gasteiger partial charge in [-0.1, -0.05) is 59.0 Å². The van der Waals surface area contributed by atoms with Gasteiger partial charge in [0.15, 0.2) is 0 Å². The number of esters is 2. The number of carbonyl (C=O) groups is 2. The molecule has 0 bridgehead atoms. The highest BCUT2D eigenvalue weighted by Crippen LogP contribution is 2.31. The minimum atomic E-state index is -0.604. The fourth-order valence-electron chi connectivity index (χ4n) is 3.12. The summed E-state index contributed by atoms with van der Waals surface area (Å²) in [5, 5.41) is 0.574. The third-order valence-corrected chi connectivity index (χ3v) is 4.94. The molecule has 0 aliphatic carbocycles. The monoisotopic (exact) mass is 505 g/mol. The average molecular weight is 505 g/mol. The van der Waals surface area contributed by atoms with Crippen molar-refractivity contribution in [3.05, 3.63) is 75.5 Å². The van der Waals surface area contributed by atoms with E-state index in [0.717, 1.165) is 5.56 Å². The third-order valence-electron chi connectivity index (χ3n) is 4.43. The highest BCUT2D eigenvalue weighted by atomic mass is 127. The van der Waals surface area contributed by atoms with E-state index < -0.39 is 11.9 Å². The molecule has 1 aromatic heterocycles. The van der Waals surface area contributed by atoms with Gasteiger partial charge in [-0.2, -0.15) is 0 Å². The fraction of sp³-hybridized carbons (Fsp3) is 0.182. The normalized spacial score (nSPS) is 11.0. The SMILES string of the molecule is COC(=O)c1c(C(=O)OC)n(C/C=C/I)c2ccc(OCc3ccccc3)cc12. The molecular weight excluding hydrogens is 485 g/mol. The molecule has 0 N–H and O–H groups in total. The number of aromatic nitrogens is 1. The number of fused-ring (bicyclic) bond motifs is 1. The summed E-state index contributed by atoms with van der Waals surface area (Å²) < 4.78 is 19.4. The van der Waals surface area contributed by atoms with E-state index in [-0.39, 0.29) is 11.3 Å². The number of hydrogen-bond acceptors (Lipinski definition) is 5. The molecule has 0 atom stereocenters. The van der Waals surface area contributed by atoms with Crippen LogP contribution in [0.25, 0.3) is 10.9 Å². The predicted molar refractivity (Wildman–Crippen MR) is 119 cm³/mol. The topological polar surface area (TPSA) is 66.8 Å². The highest BCUT2D eigenvalue weighted by molar-refractivity contribution is 14.1. The summed E-state index contributed by atoms with van der Waals surface area (Å²) in [6, 6.07) is 15.2. The van der Waals surface area contributed by atoms with Crippen LogP contribution in [-0.2, 0) is 22.6 Å². The Morgan fingerprint density at radius 3 is 2.41 bits per heavy atom. The molecule has 0 spiro atoms. The summed E-state index contributed by atoms with van der Waals surface area (Å²) >= 11 is 2.10. The molecule has 0 aliphatic heterocycles. The molecule has 0 saturated heterocycles. The Morgan fingerprint density at radius 1 is 1.03 bits per heavy atom. The molecule has 0 amide bonds. The molecule has 0 unspecified atom stereocenters. The zero-order chi connectivity index (χ0) is 20.8. The van der Waals surface area contributed by atoms with Crippen LogP contribution in [0.15, 0.2) is 58.7 Å². The lowest BCUT2D eigenvalue weighted by molar-refractivity contribution is 0.0549. The highest BCUT2D eigenvalue weighted by Gasteiger charge is 2.28. The second kappa shape index (κ2) is 9.60. The van der Waals surface area contributed by atoms with E-state index in [1.165, 1.54) is 14.2 Å². The van der Waals surface area contributed by atoms with Crippen molar-refractivity contribution in [2.75, 3.05) is 14.2 Å². The predicted octanol–water partition coefficient (Wildman–Crippen LogP) is 4.74. The van der Waals surface area contributed by atoms with Gasteiger partial charge in [0.2, 0.25) is 0 Å². The van der Waals surface area contributed by atoms with E-state index in [2.05, 4.69) is 22.6 Å². The summed E-state index contributed by atoms with van der Waals surface area (Å²) in [6.45, 7) is 0.799. The lowest BCUT2D eigenvalue weighted by Crippen LogP contribution is -2.15. The molecule has 3 rings (SSSR count). The molecule has 0 aliphatic rings. The Morgan fingerprint density at radius 2 is 1.76 bits per heavy atom. The average Bonchev–Trinajstić information content (AvgIpc) is 3.09. The van der Waals surface area contributed by atoms with Crippen molar-refractivity contribution in [1.82, 2.24) is 4.57 Å². The van der Waals surface area contributed by atoms with Crippen molar-refractivity contribution >= 4 is 45.4 Å². The van der Waals surface area contributed by atoms with Gasteiger partial charge in [-0.15, -0.1) is 0 Å². The molecular formula is C22H20INO5. The van der Waals surface area contributed by atoms with Gasteiger partial charge < -0.3 is 18.8 Å². The first-order valence-electron chi connectivity index (χ1n) is 8.85. The van der Waals surface area contributed by atoms with Gasteiger partial charge in [0, 0.05) is 11.9 Å². The van der Waals surface area contributed by atoms with E-state index in [0.29, 0.717) is 29.8 Å². The summed E-state index contributed by atoms with van der Waals surface area (Å²) in [7, 11) is 2.57. The zero-order valence-corrected chi connectivity index (χ0v) is 18.2. The number of rotatable bonds is 7. The van der Waals surface area contributed by atoms with Gasteiger partial charge in [0.1, 0.15) is 23.6 Å². The summed E-state index contributed by atoms with van der Waals surface area (Å²) in [6.07, 6.45) is 1.88. The Balaban J connectivity index is 2.11. The molecule has 1 heterocycles. The molecule has 0 radical (unpaired) electrons. The van der Waals surface area contributed by atoms with Gasteiger partial charge in [-0.05, 0) is 27.8 Å². The first-order valence-corrected chi connectivity index (χ1v) is 10.1. The Labute approximate surface area is 182 Å². The molecule has 2 aromatic carbocycles. The van der Waals surface area contributed by atoms with E-state index in [1.54, 1.807) is 10.6 Å². The van der Waals surface area contributed by atoms with Crippen LogP contribution in [0.4, 0.5) is 0 Å².